The van der Waals surface area contributed by atoms with Gasteiger partial charge in [-0.3, -0.25) is 9.78 Å². The van der Waals surface area contributed by atoms with E-state index in [1.165, 1.54) is 11.3 Å². The molecule has 0 unspecified atom stereocenters. The molecule has 2 aromatic heterocycles. The summed E-state index contributed by atoms with van der Waals surface area (Å²) in [6, 6.07) is 3.64. The molecule has 2 aromatic rings. The number of aromatic nitrogens is 1. The second-order valence-corrected chi connectivity index (χ2v) is 5.00. The highest BCUT2D eigenvalue weighted by Crippen LogP contribution is 2.19. The van der Waals surface area contributed by atoms with Crippen molar-refractivity contribution in [2.75, 3.05) is 11.9 Å². The minimum Gasteiger partial charge on any atom is -0.395 e. The van der Waals surface area contributed by atoms with Crippen molar-refractivity contribution >= 4 is 22.9 Å². The highest BCUT2D eigenvalue weighted by Gasteiger charge is 2.13. The second-order valence-electron chi connectivity index (χ2n) is 4.08. The summed E-state index contributed by atoms with van der Waals surface area (Å²) in [6.45, 7) is 1.93. The Kier molecular flexibility index (Phi) is 4.88. The van der Waals surface area contributed by atoms with Crippen LogP contribution in [0.2, 0.25) is 0 Å². The third kappa shape index (κ3) is 3.44. The van der Waals surface area contributed by atoms with Crippen LogP contribution in [0.4, 0.5) is 5.69 Å². The molecule has 2 rings (SSSR count). The van der Waals surface area contributed by atoms with E-state index in [1.807, 2.05) is 18.4 Å². The molecule has 0 fully saturated rings. The third-order valence-corrected chi connectivity index (χ3v) is 3.53. The van der Waals surface area contributed by atoms with Gasteiger partial charge in [-0.05, 0) is 30.0 Å². The Morgan fingerprint density at radius 1 is 1.50 bits per heavy atom. The number of hydrogen-bond donors (Lipinski definition) is 2. The van der Waals surface area contributed by atoms with Gasteiger partial charge in [-0.2, -0.15) is 0 Å². The molecule has 1 amide bonds. The van der Waals surface area contributed by atoms with Crippen LogP contribution in [0.3, 0.4) is 0 Å². The lowest BCUT2D eigenvalue weighted by Gasteiger charge is -2.06. The Labute approximate surface area is 121 Å². The zero-order chi connectivity index (χ0) is 14.4. The Morgan fingerprint density at radius 3 is 3.10 bits per heavy atom. The van der Waals surface area contributed by atoms with Crippen LogP contribution in [0.15, 0.2) is 29.9 Å². The maximum absolute atomic E-state index is 12.2. The van der Waals surface area contributed by atoms with Crippen molar-refractivity contribution in [2.24, 2.45) is 0 Å². The Morgan fingerprint density at radius 2 is 2.35 bits per heavy atom. The standard InChI is InChI=1S/C15H14N2O2S/c1-11-5-7-16-10-13(11)17-15(19)14-12(6-9-20-14)4-2-3-8-18/h5-7,9-10,18H,3,8H2,1H3,(H,17,19). The number of anilines is 1. The van der Waals surface area contributed by atoms with Crippen LogP contribution >= 0.6 is 11.3 Å². The normalized spacial score (nSPS) is 9.70. The molecule has 0 radical (unpaired) electrons. The molecule has 2 N–H and O–H groups in total. The van der Waals surface area contributed by atoms with Gasteiger partial charge in [-0.1, -0.05) is 11.8 Å². The fourth-order valence-electron chi connectivity index (χ4n) is 1.57. The predicted octanol–water partition coefficient (Wildman–Crippen LogP) is 2.44. The van der Waals surface area contributed by atoms with Crippen LogP contribution in [-0.4, -0.2) is 22.6 Å². The zero-order valence-electron chi connectivity index (χ0n) is 11.0. The minimum absolute atomic E-state index is 0.0214. The summed E-state index contributed by atoms with van der Waals surface area (Å²) >= 11 is 1.34. The van der Waals surface area contributed by atoms with E-state index in [9.17, 15) is 4.79 Å². The van der Waals surface area contributed by atoms with Gasteiger partial charge in [0, 0.05) is 18.2 Å². The molecular weight excluding hydrogens is 272 g/mol. The van der Waals surface area contributed by atoms with Crippen LogP contribution in [0.25, 0.3) is 0 Å². The first-order chi connectivity index (χ1) is 9.72. The van der Waals surface area contributed by atoms with Gasteiger partial charge in [-0.15, -0.1) is 11.3 Å². The van der Waals surface area contributed by atoms with Crippen LogP contribution in [0, 0.1) is 18.8 Å². The number of carbonyl (C=O) groups is 1. The molecule has 0 spiro atoms. The van der Waals surface area contributed by atoms with Gasteiger partial charge in [0.05, 0.1) is 18.5 Å². The van der Waals surface area contributed by atoms with Crippen molar-refractivity contribution in [1.82, 2.24) is 4.98 Å². The van der Waals surface area contributed by atoms with E-state index in [0.29, 0.717) is 22.5 Å². The molecule has 0 aliphatic heterocycles. The lowest BCUT2D eigenvalue weighted by molar-refractivity contribution is 0.103. The van der Waals surface area contributed by atoms with Crippen molar-refractivity contribution < 1.29 is 9.90 Å². The van der Waals surface area contributed by atoms with Crippen molar-refractivity contribution in [3.05, 3.63) is 45.9 Å². The van der Waals surface area contributed by atoms with Crippen LogP contribution in [-0.2, 0) is 0 Å². The average molecular weight is 286 g/mol. The molecule has 0 aliphatic rings. The summed E-state index contributed by atoms with van der Waals surface area (Å²) in [5.41, 5.74) is 2.33. The predicted molar refractivity (Wildman–Crippen MR) is 79.8 cm³/mol. The summed E-state index contributed by atoms with van der Waals surface area (Å²) in [5.74, 6) is 5.53. The monoisotopic (exact) mass is 286 g/mol. The number of aliphatic hydroxyl groups excluding tert-OH is 1. The average Bonchev–Trinajstić information content (AvgIpc) is 2.90. The Bertz CT molecular complexity index is 668. The number of nitrogens with one attached hydrogen (secondary N) is 1. The highest BCUT2D eigenvalue weighted by atomic mass is 32.1. The molecule has 0 bridgehead atoms. The molecule has 102 valence electrons. The number of pyridine rings is 1. The summed E-state index contributed by atoms with van der Waals surface area (Å²) in [4.78, 5) is 16.8. The van der Waals surface area contributed by atoms with Gasteiger partial charge in [-0.25, -0.2) is 0 Å². The van der Waals surface area contributed by atoms with Gasteiger partial charge in [0.2, 0.25) is 0 Å². The van der Waals surface area contributed by atoms with Crippen molar-refractivity contribution in [3.8, 4) is 11.8 Å². The number of hydrogen-bond acceptors (Lipinski definition) is 4. The van der Waals surface area contributed by atoms with Crippen LogP contribution < -0.4 is 5.32 Å². The summed E-state index contributed by atoms with van der Waals surface area (Å²) in [5, 5.41) is 13.4. The number of aryl methyl sites for hydroxylation is 1. The largest absolute Gasteiger partial charge is 0.395 e. The maximum Gasteiger partial charge on any atom is 0.267 e. The summed E-state index contributed by atoms with van der Waals surface area (Å²) in [7, 11) is 0. The molecular formula is C15H14N2O2S. The van der Waals surface area contributed by atoms with Crippen molar-refractivity contribution in [1.29, 1.82) is 0 Å². The van der Waals surface area contributed by atoms with Crippen molar-refractivity contribution in [3.63, 3.8) is 0 Å². The van der Waals surface area contributed by atoms with E-state index in [1.54, 1.807) is 18.5 Å². The molecule has 0 atom stereocenters. The molecule has 0 saturated heterocycles. The van der Waals surface area contributed by atoms with Crippen LogP contribution in [0.1, 0.15) is 27.2 Å². The number of amides is 1. The fourth-order valence-corrected chi connectivity index (χ4v) is 2.32. The minimum atomic E-state index is -0.190. The lowest BCUT2D eigenvalue weighted by atomic mass is 10.2. The van der Waals surface area contributed by atoms with Gasteiger partial charge in [0.25, 0.3) is 5.91 Å². The van der Waals surface area contributed by atoms with E-state index in [2.05, 4.69) is 22.1 Å². The van der Waals surface area contributed by atoms with Gasteiger partial charge >= 0.3 is 0 Å². The zero-order valence-corrected chi connectivity index (χ0v) is 11.8. The van der Waals surface area contributed by atoms with E-state index >= 15 is 0 Å². The molecule has 2 heterocycles. The van der Waals surface area contributed by atoms with Gasteiger partial charge in [0.15, 0.2) is 0 Å². The first kappa shape index (κ1) is 14.3. The first-order valence-electron chi connectivity index (χ1n) is 6.11. The molecule has 20 heavy (non-hydrogen) atoms. The Hall–Kier alpha value is -2.16. The fraction of sp³-hybridized carbons (Fsp3) is 0.200. The lowest BCUT2D eigenvalue weighted by Crippen LogP contribution is -2.12. The Balaban J connectivity index is 2.17. The molecule has 0 saturated carbocycles. The van der Waals surface area contributed by atoms with E-state index in [-0.39, 0.29) is 12.5 Å². The molecule has 0 aliphatic carbocycles. The third-order valence-electron chi connectivity index (χ3n) is 2.62. The van der Waals surface area contributed by atoms with Gasteiger partial charge < -0.3 is 10.4 Å². The second kappa shape index (κ2) is 6.85. The molecule has 4 nitrogen and oxygen atoms in total. The van der Waals surface area contributed by atoms with E-state index < -0.39 is 0 Å². The molecule has 0 aromatic carbocycles. The number of rotatable bonds is 3. The van der Waals surface area contributed by atoms with Gasteiger partial charge in [0.1, 0.15) is 4.88 Å². The molecule has 5 heteroatoms. The van der Waals surface area contributed by atoms with E-state index in [0.717, 1.165) is 5.56 Å². The summed E-state index contributed by atoms with van der Waals surface area (Å²) in [6.07, 6.45) is 3.71. The SMILES string of the molecule is Cc1ccncc1NC(=O)c1sccc1C#CCCO. The van der Waals surface area contributed by atoms with Crippen LogP contribution in [0.5, 0.6) is 0 Å². The van der Waals surface area contributed by atoms with E-state index in [4.69, 9.17) is 5.11 Å². The number of aliphatic hydroxyl groups is 1. The highest BCUT2D eigenvalue weighted by molar-refractivity contribution is 7.12. The number of nitrogens with zero attached hydrogens (tertiary/aromatic N) is 1. The smallest absolute Gasteiger partial charge is 0.267 e. The number of carbonyl (C=O) groups excluding carboxylic acids is 1. The number of thiophene rings is 1. The quantitative estimate of drug-likeness (QED) is 0.852. The first-order valence-corrected chi connectivity index (χ1v) is 6.99. The summed E-state index contributed by atoms with van der Waals surface area (Å²) < 4.78 is 0. The topological polar surface area (TPSA) is 62.2 Å². The maximum atomic E-state index is 12.2. The van der Waals surface area contributed by atoms with Crippen molar-refractivity contribution in [2.45, 2.75) is 13.3 Å².